The van der Waals surface area contributed by atoms with Gasteiger partial charge in [0, 0.05) is 12.2 Å². The second-order valence-electron chi connectivity index (χ2n) is 5.38. The van der Waals surface area contributed by atoms with Gasteiger partial charge in [-0.15, -0.1) is 0 Å². The van der Waals surface area contributed by atoms with E-state index in [-0.39, 0.29) is 0 Å². The Morgan fingerprint density at radius 3 is 2.68 bits per heavy atom. The van der Waals surface area contributed by atoms with E-state index in [4.69, 9.17) is 4.74 Å². The average Bonchev–Trinajstić information content (AvgIpc) is 2.40. The van der Waals surface area contributed by atoms with Crippen LogP contribution in [0.25, 0.3) is 0 Å². The molecule has 2 rings (SSSR count). The van der Waals surface area contributed by atoms with Crippen molar-refractivity contribution in [2.24, 2.45) is 0 Å². The Morgan fingerprint density at radius 2 is 1.95 bits per heavy atom. The van der Waals surface area contributed by atoms with Gasteiger partial charge in [0.15, 0.2) is 11.6 Å². The first-order valence-corrected chi connectivity index (χ1v) is 7.74. The van der Waals surface area contributed by atoms with Crippen molar-refractivity contribution in [1.29, 1.82) is 0 Å². The fourth-order valence-electron chi connectivity index (χ4n) is 2.62. The summed E-state index contributed by atoms with van der Waals surface area (Å²) in [6.07, 6.45) is 12.2. The Labute approximate surface area is 116 Å². The van der Waals surface area contributed by atoms with E-state index in [2.05, 4.69) is 17.2 Å². The molecule has 19 heavy (non-hydrogen) atoms. The fraction of sp³-hybridized carbons (Fsp3) is 0.688. The molecule has 3 heteroatoms. The SMILES string of the molecule is CCCOc1cccnc1NC1CCCCCCC1. The Hall–Kier alpha value is -1.25. The number of aromatic nitrogens is 1. The Morgan fingerprint density at radius 1 is 1.21 bits per heavy atom. The van der Waals surface area contributed by atoms with Crippen molar-refractivity contribution in [2.45, 2.75) is 64.3 Å². The molecule has 1 heterocycles. The number of nitrogens with one attached hydrogen (secondary N) is 1. The van der Waals surface area contributed by atoms with Crippen LogP contribution in [0.15, 0.2) is 18.3 Å². The maximum Gasteiger partial charge on any atom is 0.168 e. The first-order chi connectivity index (χ1) is 9.40. The van der Waals surface area contributed by atoms with Crippen LogP contribution in [0.4, 0.5) is 5.82 Å². The molecule has 0 aromatic carbocycles. The summed E-state index contributed by atoms with van der Waals surface area (Å²) in [5.41, 5.74) is 0. The first-order valence-electron chi connectivity index (χ1n) is 7.74. The molecule has 0 saturated heterocycles. The normalized spacial score (nSPS) is 17.5. The minimum absolute atomic E-state index is 0.555. The summed E-state index contributed by atoms with van der Waals surface area (Å²) in [6.45, 7) is 2.88. The zero-order valence-corrected chi connectivity index (χ0v) is 12.0. The molecule has 1 N–H and O–H groups in total. The number of ether oxygens (including phenoxy) is 1. The van der Waals surface area contributed by atoms with E-state index in [0.717, 1.165) is 24.6 Å². The van der Waals surface area contributed by atoms with Gasteiger partial charge in [0.25, 0.3) is 0 Å². The van der Waals surface area contributed by atoms with Crippen LogP contribution in [0.1, 0.15) is 58.3 Å². The van der Waals surface area contributed by atoms with Crippen molar-refractivity contribution >= 4 is 5.82 Å². The highest BCUT2D eigenvalue weighted by Gasteiger charge is 2.13. The average molecular weight is 262 g/mol. The molecule has 3 nitrogen and oxygen atoms in total. The number of hydrogen-bond donors (Lipinski definition) is 1. The molecule has 1 aromatic rings. The first kappa shape index (κ1) is 14.2. The summed E-state index contributed by atoms with van der Waals surface area (Å²) in [4.78, 5) is 4.44. The summed E-state index contributed by atoms with van der Waals surface area (Å²) in [7, 11) is 0. The molecule has 1 aromatic heterocycles. The lowest BCUT2D eigenvalue weighted by molar-refractivity contribution is 0.317. The van der Waals surface area contributed by atoms with E-state index in [1.165, 1.54) is 44.9 Å². The van der Waals surface area contributed by atoms with Gasteiger partial charge in [-0.05, 0) is 31.4 Å². The molecule has 0 amide bonds. The highest BCUT2D eigenvalue weighted by Crippen LogP contribution is 2.25. The maximum atomic E-state index is 5.76. The van der Waals surface area contributed by atoms with Gasteiger partial charge in [-0.1, -0.05) is 39.0 Å². The molecule has 0 atom stereocenters. The van der Waals surface area contributed by atoms with Gasteiger partial charge in [0.05, 0.1) is 6.61 Å². The van der Waals surface area contributed by atoms with Gasteiger partial charge in [-0.2, -0.15) is 0 Å². The third-order valence-corrected chi connectivity index (χ3v) is 3.68. The summed E-state index contributed by atoms with van der Waals surface area (Å²) in [5.74, 6) is 1.81. The third kappa shape index (κ3) is 4.73. The quantitative estimate of drug-likeness (QED) is 0.854. The number of anilines is 1. The van der Waals surface area contributed by atoms with Crippen molar-refractivity contribution in [3.8, 4) is 5.75 Å². The molecule has 0 aliphatic heterocycles. The molecule has 1 aliphatic carbocycles. The lowest BCUT2D eigenvalue weighted by Crippen LogP contribution is -2.21. The molecule has 106 valence electrons. The molecule has 0 spiro atoms. The van der Waals surface area contributed by atoms with Crippen LogP contribution in [-0.4, -0.2) is 17.6 Å². The summed E-state index contributed by atoms with van der Waals surface area (Å²) < 4.78 is 5.76. The minimum Gasteiger partial charge on any atom is -0.490 e. The van der Waals surface area contributed by atoms with Crippen LogP contribution >= 0.6 is 0 Å². The Bertz CT molecular complexity index is 360. The van der Waals surface area contributed by atoms with Crippen molar-refractivity contribution < 1.29 is 4.74 Å². The monoisotopic (exact) mass is 262 g/mol. The molecule has 0 bridgehead atoms. The minimum atomic E-state index is 0.555. The van der Waals surface area contributed by atoms with Crippen LogP contribution in [0.2, 0.25) is 0 Å². The van der Waals surface area contributed by atoms with E-state index in [0.29, 0.717) is 6.04 Å². The fourth-order valence-corrected chi connectivity index (χ4v) is 2.62. The second kappa shape index (κ2) is 8.03. The number of hydrogen-bond acceptors (Lipinski definition) is 3. The standard InChI is InChI=1S/C16H26N2O/c1-2-13-19-15-11-8-12-17-16(15)18-14-9-6-4-3-5-7-10-14/h8,11-12,14H,2-7,9-10,13H2,1H3,(H,17,18). The van der Waals surface area contributed by atoms with E-state index in [1.54, 1.807) is 0 Å². The van der Waals surface area contributed by atoms with Gasteiger partial charge in [-0.3, -0.25) is 0 Å². The topological polar surface area (TPSA) is 34.1 Å². The van der Waals surface area contributed by atoms with Gasteiger partial charge in [0.2, 0.25) is 0 Å². The van der Waals surface area contributed by atoms with Gasteiger partial charge in [-0.25, -0.2) is 4.98 Å². The predicted octanol–water partition coefficient (Wildman–Crippen LogP) is 4.40. The number of rotatable bonds is 5. The van der Waals surface area contributed by atoms with Crippen LogP contribution in [0, 0.1) is 0 Å². The van der Waals surface area contributed by atoms with E-state index in [1.807, 2.05) is 18.3 Å². The highest BCUT2D eigenvalue weighted by atomic mass is 16.5. The summed E-state index contributed by atoms with van der Waals surface area (Å²) in [5, 5.41) is 3.59. The van der Waals surface area contributed by atoms with E-state index < -0.39 is 0 Å². The largest absolute Gasteiger partial charge is 0.490 e. The Kier molecular flexibility index (Phi) is 5.99. The highest BCUT2D eigenvalue weighted by molar-refractivity contribution is 5.50. The van der Waals surface area contributed by atoms with Crippen molar-refractivity contribution in [1.82, 2.24) is 4.98 Å². The van der Waals surface area contributed by atoms with Gasteiger partial charge < -0.3 is 10.1 Å². The molecular weight excluding hydrogens is 236 g/mol. The summed E-state index contributed by atoms with van der Waals surface area (Å²) >= 11 is 0. The molecular formula is C16H26N2O. The molecule has 0 unspecified atom stereocenters. The smallest absolute Gasteiger partial charge is 0.168 e. The second-order valence-corrected chi connectivity index (χ2v) is 5.38. The third-order valence-electron chi connectivity index (χ3n) is 3.68. The summed E-state index contributed by atoms with van der Waals surface area (Å²) in [6, 6.07) is 4.50. The van der Waals surface area contributed by atoms with E-state index in [9.17, 15) is 0 Å². The van der Waals surface area contributed by atoms with Gasteiger partial charge >= 0.3 is 0 Å². The maximum absolute atomic E-state index is 5.76. The van der Waals surface area contributed by atoms with Crippen molar-refractivity contribution in [3.05, 3.63) is 18.3 Å². The van der Waals surface area contributed by atoms with Crippen LogP contribution in [0.3, 0.4) is 0 Å². The lowest BCUT2D eigenvalue weighted by atomic mass is 9.97. The Balaban J connectivity index is 1.96. The van der Waals surface area contributed by atoms with Crippen LogP contribution in [0.5, 0.6) is 5.75 Å². The zero-order chi connectivity index (χ0) is 13.3. The lowest BCUT2D eigenvalue weighted by Gasteiger charge is -2.22. The van der Waals surface area contributed by atoms with Crippen LogP contribution < -0.4 is 10.1 Å². The van der Waals surface area contributed by atoms with E-state index >= 15 is 0 Å². The van der Waals surface area contributed by atoms with Gasteiger partial charge in [0.1, 0.15) is 0 Å². The zero-order valence-electron chi connectivity index (χ0n) is 12.0. The van der Waals surface area contributed by atoms with Crippen molar-refractivity contribution in [2.75, 3.05) is 11.9 Å². The molecule has 1 fully saturated rings. The molecule has 1 aliphatic rings. The van der Waals surface area contributed by atoms with Crippen LogP contribution in [-0.2, 0) is 0 Å². The number of nitrogens with zero attached hydrogens (tertiary/aromatic N) is 1. The molecule has 1 saturated carbocycles. The number of pyridine rings is 1. The predicted molar refractivity (Wildman–Crippen MR) is 79.8 cm³/mol. The van der Waals surface area contributed by atoms with Crippen molar-refractivity contribution in [3.63, 3.8) is 0 Å². The molecule has 0 radical (unpaired) electrons.